The Morgan fingerprint density at radius 3 is 2.65 bits per heavy atom. The number of carbonyl (C=O) groups is 1. The molecule has 3 aromatic rings. The monoisotopic (exact) mass is 329 g/mol. The summed E-state index contributed by atoms with van der Waals surface area (Å²) in [4.78, 5) is 30.4. The minimum atomic E-state index is -0.0190. The van der Waals surface area contributed by atoms with Crippen LogP contribution in [-0.4, -0.2) is 61.6 Å². The number of amides is 1. The van der Waals surface area contributed by atoms with E-state index < -0.39 is 0 Å². The number of carbonyl (C=O) groups excluding carboxylic acids is 1. The van der Waals surface area contributed by atoms with Crippen LogP contribution in [0.4, 0.5) is 5.95 Å². The molecular weight excluding hydrogens is 314 g/mol. The predicted molar refractivity (Wildman–Crippen MR) is 85.7 cm³/mol. The maximum atomic E-state index is 12.8. The van der Waals surface area contributed by atoms with Crippen molar-refractivity contribution in [2.45, 2.75) is 6.92 Å². The Kier molecular flexibility index (Phi) is 3.41. The summed E-state index contributed by atoms with van der Waals surface area (Å²) in [5, 5.41) is 4.21. The fourth-order valence-electron chi connectivity index (χ4n) is 2.75. The number of imidazole rings is 1. The van der Waals surface area contributed by atoms with Crippen molar-refractivity contribution in [3.05, 3.63) is 35.4 Å². The summed E-state index contributed by atoms with van der Waals surface area (Å²) in [6, 6.07) is 1.80. The van der Waals surface area contributed by atoms with Crippen LogP contribution in [0.15, 0.2) is 24.0 Å². The van der Waals surface area contributed by atoms with Crippen molar-refractivity contribution in [2.75, 3.05) is 31.1 Å². The van der Waals surface area contributed by atoms with Gasteiger partial charge in [0, 0.05) is 38.6 Å². The van der Waals surface area contributed by atoms with Crippen molar-refractivity contribution in [1.82, 2.24) is 29.5 Å². The third kappa shape index (κ3) is 2.42. The highest BCUT2D eigenvalue weighted by atomic mass is 32.1. The van der Waals surface area contributed by atoms with Gasteiger partial charge in [-0.3, -0.25) is 4.79 Å². The third-order valence-electron chi connectivity index (χ3n) is 3.92. The van der Waals surface area contributed by atoms with Crippen LogP contribution in [0.2, 0.25) is 0 Å². The molecule has 23 heavy (non-hydrogen) atoms. The van der Waals surface area contributed by atoms with Gasteiger partial charge in [-0.05, 0) is 13.0 Å². The van der Waals surface area contributed by atoms with Crippen molar-refractivity contribution >= 4 is 28.2 Å². The summed E-state index contributed by atoms with van der Waals surface area (Å²) < 4.78 is 1.63. The zero-order valence-corrected chi connectivity index (χ0v) is 13.4. The topological polar surface area (TPSA) is 79.5 Å². The Morgan fingerprint density at radius 2 is 1.91 bits per heavy atom. The number of hydrogen-bond acceptors (Lipinski definition) is 7. The molecule has 0 aromatic carbocycles. The van der Waals surface area contributed by atoms with E-state index in [1.807, 2.05) is 11.8 Å². The second-order valence-corrected chi connectivity index (χ2v) is 6.12. The summed E-state index contributed by atoms with van der Waals surface area (Å²) in [5.74, 6) is 0.691. The van der Waals surface area contributed by atoms with Crippen molar-refractivity contribution < 1.29 is 4.79 Å². The van der Waals surface area contributed by atoms with Crippen molar-refractivity contribution in [1.29, 1.82) is 0 Å². The zero-order valence-electron chi connectivity index (χ0n) is 12.6. The van der Waals surface area contributed by atoms with E-state index in [0.29, 0.717) is 37.8 Å². The lowest BCUT2D eigenvalue weighted by atomic mass is 10.2. The molecule has 1 amide bonds. The molecule has 0 atom stereocenters. The van der Waals surface area contributed by atoms with E-state index in [1.165, 1.54) is 11.3 Å². The summed E-state index contributed by atoms with van der Waals surface area (Å²) in [5.41, 5.74) is 2.98. The molecule has 4 rings (SSSR count). The SMILES string of the molecule is Cc1nc2scnn2c1C(=O)N1CCN(c2ncccn2)CC1. The molecule has 0 aliphatic carbocycles. The van der Waals surface area contributed by atoms with Crippen LogP contribution in [-0.2, 0) is 0 Å². The van der Waals surface area contributed by atoms with E-state index in [4.69, 9.17) is 0 Å². The van der Waals surface area contributed by atoms with Gasteiger partial charge in [-0.25, -0.2) is 15.0 Å². The maximum absolute atomic E-state index is 12.8. The molecule has 0 unspecified atom stereocenters. The molecule has 0 radical (unpaired) electrons. The molecule has 1 saturated heterocycles. The second-order valence-electron chi connectivity index (χ2n) is 5.31. The van der Waals surface area contributed by atoms with Gasteiger partial charge in [0.1, 0.15) is 5.51 Å². The lowest BCUT2D eigenvalue weighted by molar-refractivity contribution is 0.0737. The fourth-order valence-corrected chi connectivity index (χ4v) is 3.42. The minimum absolute atomic E-state index is 0.0190. The Labute approximate surface area is 136 Å². The van der Waals surface area contributed by atoms with Gasteiger partial charge in [0.25, 0.3) is 5.91 Å². The average molecular weight is 329 g/mol. The third-order valence-corrected chi connectivity index (χ3v) is 4.60. The van der Waals surface area contributed by atoms with Crippen LogP contribution in [0.5, 0.6) is 0 Å². The number of aromatic nitrogens is 5. The molecule has 0 bridgehead atoms. The molecule has 0 spiro atoms. The molecule has 0 saturated carbocycles. The summed E-state index contributed by atoms with van der Waals surface area (Å²) in [6.07, 6.45) is 3.46. The molecule has 9 heteroatoms. The Balaban J connectivity index is 1.51. The standard InChI is InChI=1S/C14H15N7OS/c1-10-11(21-14(18-10)23-9-17-21)12(22)19-5-7-20(8-6-19)13-15-3-2-4-16-13/h2-4,9H,5-8H2,1H3. The van der Waals surface area contributed by atoms with Crippen LogP contribution in [0.25, 0.3) is 4.96 Å². The molecule has 8 nitrogen and oxygen atoms in total. The van der Waals surface area contributed by atoms with Gasteiger partial charge in [0.15, 0.2) is 5.69 Å². The van der Waals surface area contributed by atoms with Crippen LogP contribution < -0.4 is 4.90 Å². The number of fused-ring (bicyclic) bond motifs is 1. The van der Waals surface area contributed by atoms with Crippen LogP contribution >= 0.6 is 11.3 Å². The smallest absolute Gasteiger partial charge is 0.274 e. The Bertz CT molecular complexity index is 835. The van der Waals surface area contributed by atoms with Gasteiger partial charge in [0.05, 0.1) is 5.69 Å². The fraction of sp³-hybridized carbons (Fsp3) is 0.357. The second kappa shape index (κ2) is 5.58. The van der Waals surface area contributed by atoms with Crippen LogP contribution in [0, 0.1) is 6.92 Å². The molecule has 118 valence electrons. The maximum Gasteiger partial charge on any atom is 0.274 e. The lowest BCUT2D eigenvalue weighted by Crippen LogP contribution is -2.49. The van der Waals surface area contributed by atoms with E-state index in [2.05, 4.69) is 25.0 Å². The first-order chi connectivity index (χ1) is 11.2. The molecule has 1 aliphatic heterocycles. The van der Waals surface area contributed by atoms with Crippen molar-refractivity contribution in [3.8, 4) is 0 Å². The zero-order chi connectivity index (χ0) is 15.8. The van der Waals surface area contributed by atoms with Crippen LogP contribution in [0.3, 0.4) is 0 Å². The minimum Gasteiger partial charge on any atom is -0.337 e. The van der Waals surface area contributed by atoms with Gasteiger partial charge in [-0.2, -0.15) is 9.61 Å². The number of hydrogen-bond donors (Lipinski definition) is 0. The number of aryl methyl sites for hydroxylation is 1. The highest BCUT2D eigenvalue weighted by Gasteiger charge is 2.27. The quantitative estimate of drug-likeness (QED) is 0.693. The normalized spacial score (nSPS) is 15.3. The predicted octanol–water partition coefficient (Wildman–Crippen LogP) is 0.852. The Hall–Kier alpha value is -2.55. The molecule has 1 fully saturated rings. The highest BCUT2D eigenvalue weighted by Crippen LogP contribution is 2.18. The van der Waals surface area contributed by atoms with Gasteiger partial charge < -0.3 is 9.80 Å². The van der Waals surface area contributed by atoms with E-state index >= 15 is 0 Å². The average Bonchev–Trinajstić information content (AvgIpc) is 3.15. The van der Waals surface area contributed by atoms with E-state index in [0.717, 1.165) is 10.7 Å². The molecule has 1 aliphatic rings. The first kappa shape index (κ1) is 14.1. The summed E-state index contributed by atoms with van der Waals surface area (Å²) in [7, 11) is 0. The van der Waals surface area contributed by atoms with Gasteiger partial charge in [0.2, 0.25) is 10.9 Å². The lowest BCUT2D eigenvalue weighted by Gasteiger charge is -2.34. The first-order valence-electron chi connectivity index (χ1n) is 7.34. The van der Waals surface area contributed by atoms with Gasteiger partial charge in [-0.1, -0.05) is 11.3 Å². The number of anilines is 1. The summed E-state index contributed by atoms with van der Waals surface area (Å²) in [6.45, 7) is 4.55. The van der Waals surface area contributed by atoms with Crippen molar-refractivity contribution in [3.63, 3.8) is 0 Å². The number of nitrogens with zero attached hydrogens (tertiary/aromatic N) is 7. The van der Waals surface area contributed by atoms with Crippen molar-refractivity contribution in [2.24, 2.45) is 0 Å². The molecule has 3 aromatic heterocycles. The number of rotatable bonds is 2. The summed E-state index contributed by atoms with van der Waals surface area (Å²) >= 11 is 1.43. The van der Waals surface area contributed by atoms with E-state index in [1.54, 1.807) is 28.5 Å². The van der Waals surface area contributed by atoms with E-state index in [9.17, 15) is 4.79 Å². The van der Waals surface area contributed by atoms with Crippen LogP contribution in [0.1, 0.15) is 16.2 Å². The first-order valence-corrected chi connectivity index (χ1v) is 8.22. The molecule has 0 N–H and O–H groups in total. The largest absolute Gasteiger partial charge is 0.337 e. The highest BCUT2D eigenvalue weighted by molar-refractivity contribution is 7.14. The van der Waals surface area contributed by atoms with Gasteiger partial charge >= 0.3 is 0 Å². The number of piperazine rings is 1. The van der Waals surface area contributed by atoms with E-state index in [-0.39, 0.29) is 5.91 Å². The Morgan fingerprint density at radius 1 is 1.17 bits per heavy atom. The molecular formula is C14H15N7OS. The molecule has 4 heterocycles. The van der Waals surface area contributed by atoms with Gasteiger partial charge in [-0.15, -0.1) is 0 Å².